The predicted molar refractivity (Wildman–Crippen MR) is 159 cm³/mol. The van der Waals surface area contributed by atoms with Crippen LogP contribution in [0.2, 0.25) is 0 Å². The van der Waals surface area contributed by atoms with Gasteiger partial charge in [0.05, 0.1) is 12.6 Å². The van der Waals surface area contributed by atoms with E-state index in [0.29, 0.717) is 31.3 Å². The van der Waals surface area contributed by atoms with Crippen LogP contribution in [0.3, 0.4) is 0 Å². The molecule has 0 spiro atoms. The summed E-state index contributed by atoms with van der Waals surface area (Å²) in [7, 11) is 0. The molecule has 0 aromatic carbocycles. The molecule has 232 valence electrons. The number of rotatable bonds is 13. The number of carboxylic acid groups (broad SMARTS) is 1. The Morgan fingerprint density at radius 1 is 1.00 bits per heavy atom. The number of unbranched alkanes of at least 4 members (excludes halogenated alkanes) is 1. The maximum absolute atomic E-state index is 13.5. The van der Waals surface area contributed by atoms with Gasteiger partial charge in [-0.1, -0.05) is 41.5 Å². The van der Waals surface area contributed by atoms with Crippen LogP contribution in [0.4, 0.5) is 0 Å². The number of amides is 2. The van der Waals surface area contributed by atoms with E-state index in [1.807, 2.05) is 13.8 Å². The lowest BCUT2D eigenvalue weighted by atomic mass is 9.66. The zero-order valence-corrected chi connectivity index (χ0v) is 26.8. The highest BCUT2D eigenvalue weighted by Gasteiger charge is 2.52. The Balaban J connectivity index is 2.01. The summed E-state index contributed by atoms with van der Waals surface area (Å²) in [4.78, 5) is 38.2. The topological polar surface area (TPSA) is 129 Å². The van der Waals surface area contributed by atoms with Gasteiger partial charge in [0.1, 0.15) is 17.8 Å². The number of carboxylic acids is 1. The number of hydrogen-bond acceptors (Lipinski definition) is 6. The standard InChI is InChI=1S/C31H58N4O5/c1-19(2)25(35-31-17-23(18-40-31)30(9,10)16-20(3)15-21(31)4)27(37)33-22(5)26(36)34-24(28(38)39)13-11-12-14-32-29(6,7)8/h19-25,32,35H,11-18H2,1-10H3,(H,33,37)(H,34,36)(H,38,39)/t20?,21?,22-,23?,24-,25?,31?/m0/s1. The molecule has 9 nitrogen and oxygen atoms in total. The van der Waals surface area contributed by atoms with Gasteiger partial charge in [-0.3, -0.25) is 14.9 Å². The molecule has 1 heterocycles. The van der Waals surface area contributed by atoms with Crippen molar-refractivity contribution in [1.29, 1.82) is 0 Å². The molecular formula is C31H58N4O5. The van der Waals surface area contributed by atoms with Gasteiger partial charge in [0.25, 0.3) is 0 Å². The molecule has 1 saturated heterocycles. The minimum Gasteiger partial charge on any atom is -0.480 e. The number of nitrogens with one attached hydrogen (secondary N) is 4. The van der Waals surface area contributed by atoms with E-state index in [2.05, 4.69) is 69.7 Å². The lowest BCUT2D eigenvalue weighted by molar-refractivity contribution is -0.142. The van der Waals surface area contributed by atoms with Crippen LogP contribution in [0.15, 0.2) is 0 Å². The van der Waals surface area contributed by atoms with E-state index in [1.165, 1.54) is 0 Å². The van der Waals surface area contributed by atoms with E-state index in [9.17, 15) is 19.5 Å². The second kappa shape index (κ2) is 14.0. The molecule has 5 N–H and O–H groups in total. The molecule has 0 aromatic rings. The molecule has 5 unspecified atom stereocenters. The number of aliphatic carboxylic acids is 1. The van der Waals surface area contributed by atoms with E-state index in [1.54, 1.807) is 6.92 Å². The van der Waals surface area contributed by atoms with Crippen LogP contribution in [-0.4, -0.2) is 65.4 Å². The summed E-state index contributed by atoms with van der Waals surface area (Å²) >= 11 is 0. The smallest absolute Gasteiger partial charge is 0.326 e. The van der Waals surface area contributed by atoms with Crippen molar-refractivity contribution in [1.82, 2.24) is 21.3 Å². The van der Waals surface area contributed by atoms with E-state index < -0.39 is 35.7 Å². The Hall–Kier alpha value is -1.71. The highest BCUT2D eigenvalue weighted by atomic mass is 16.5. The zero-order valence-electron chi connectivity index (χ0n) is 26.8. The molecule has 2 amide bonds. The molecule has 0 radical (unpaired) electrons. The van der Waals surface area contributed by atoms with E-state index in [-0.39, 0.29) is 28.7 Å². The summed E-state index contributed by atoms with van der Waals surface area (Å²) in [5, 5.41) is 22.1. The summed E-state index contributed by atoms with van der Waals surface area (Å²) in [6.45, 7) is 22.4. The average molecular weight is 567 g/mol. The summed E-state index contributed by atoms with van der Waals surface area (Å²) in [6, 6.07) is -2.42. The minimum absolute atomic E-state index is 0.00451. The third kappa shape index (κ3) is 9.69. The minimum atomic E-state index is -1.07. The van der Waals surface area contributed by atoms with Gasteiger partial charge >= 0.3 is 5.97 Å². The number of fused-ring (bicyclic) bond motifs is 2. The van der Waals surface area contributed by atoms with E-state index in [0.717, 1.165) is 32.2 Å². The fourth-order valence-electron chi connectivity index (χ4n) is 6.42. The molecule has 2 aliphatic rings. The monoisotopic (exact) mass is 566 g/mol. The van der Waals surface area contributed by atoms with Crippen molar-refractivity contribution in [2.24, 2.45) is 29.1 Å². The average Bonchev–Trinajstić information content (AvgIpc) is 3.26. The molecule has 1 aliphatic heterocycles. The molecule has 2 rings (SSSR count). The molecule has 9 heteroatoms. The second-order valence-electron chi connectivity index (χ2n) is 14.7. The van der Waals surface area contributed by atoms with Crippen molar-refractivity contribution < 1.29 is 24.2 Å². The Bertz CT molecular complexity index is 870. The molecule has 0 aromatic heterocycles. The van der Waals surface area contributed by atoms with Gasteiger partial charge in [0.2, 0.25) is 11.8 Å². The van der Waals surface area contributed by atoms with Gasteiger partial charge < -0.3 is 25.8 Å². The van der Waals surface area contributed by atoms with Crippen LogP contribution in [0.1, 0.15) is 108 Å². The Morgan fingerprint density at radius 2 is 1.65 bits per heavy atom. The second-order valence-corrected chi connectivity index (χ2v) is 14.7. The third-order valence-electron chi connectivity index (χ3n) is 8.91. The highest BCUT2D eigenvalue weighted by Crippen LogP contribution is 2.50. The van der Waals surface area contributed by atoms with Crippen molar-refractivity contribution in [3.05, 3.63) is 0 Å². The Morgan fingerprint density at radius 3 is 2.23 bits per heavy atom. The van der Waals surface area contributed by atoms with Crippen LogP contribution in [-0.2, 0) is 19.1 Å². The molecule has 2 bridgehead atoms. The van der Waals surface area contributed by atoms with Gasteiger partial charge in [-0.15, -0.1) is 0 Å². The zero-order chi connectivity index (χ0) is 30.5. The van der Waals surface area contributed by atoms with Gasteiger partial charge in [-0.2, -0.15) is 0 Å². The van der Waals surface area contributed by atoms with Gasteiger partial charge in [0.15, 0.2) is 0 Å². The summed E-state index contributed by atoms with van der Waals surface area (Å²) in [5.74, 6) is -0.690. The maximum atomic E-state index is 13.5. The lowest BCUT2D eigenvalue weighted by Gasteiger charge is -2.44. The number of carbonyl (C=O) groups is 3. The Labute approximate surface area is 242 Å². The molecule has 1 aliphatic carbocycles. The largest absolute Gasteiger partial charge is 0.480 e. The molecule has 2 fully saturated rings. The van der Waals surface area contributed by atoms with Gasteiger partial charge in [0, 0.05) is 5.54 Å². The van der Waals surface area contributed by atoms with Gasteiger partial charge in [-0.25, -0.2) is 4.79 Å². The number of hydrogen-bond donors (Lipinski definition) is 5. The molecular weight excluding hydrogens is 508 g/mol. The fraction of sp³-hybridized carbons (Fsp3) is 0.903. The lowest BCUT2D eigenvalue weighted by Crippen LogP contribution is -2.62. The fourth-order valence-corrected chi connectivity index (χ4v) is 6.42. The predicted octanol–water partition coefficient (Wildman–Crippen LogP) is 4.06. The first-order valence-electron chi connectivity index (χ1n) is 15.4. The third-order valence-corrected chi connectivity index (χ3v) is 8.91. The van der Waals surface area contributed by atoms with Crippen LogP contribution < -0.4 is 21.3 Å². The van der Waals surface area contributed by atoms with E-state index >= 15 is 0 Å². The van der Waals surface area contributed by atoms with Gasteiger partial charge in [-0.05, 0) is 102 Å². The van der Waals surface area contributed by atoms with Crippen molar-refractivity contribution in [3.8, 4) is 0 Å². The molecule has 40 heavy (non-hydrogen) atoms. The van der Waals surface area contributed by atoms with Crippen LogP contribution in [0, 0.1) is 29.1 Å². The summed E-state index contributed by atoms with van der Waals surface area (Å²) in [6.07, 6.45) is 4.83. The summed E-state index contributed by atoms with van der Waals surface area (Å²) in [5.41, 5.74) is -0.426. The molecule has 7 atom stereocenters. The maximum Gasteiger partial charge on any atom is 0.326 e. The van der Waals surface area contributed by atoms with Crippen LogP contribution >= 0.6 is 0 Å². The Kier molecular flexibility index (Phi) is 12.0. The van der Waals surface area contributed by atoms with Crippen LogP contribution in [0.5, 0.6) is 0 Å². The van der Waals surface area contributed by atoms with E-state index in [4.69, 9.17) is 4.74 Å². The quantitative estimate of drug-likeness (QED) is 0.213. The first kappa shape index (κ1) is 34.5. The van der Waals surface area contributed by atoms with Crippen molar-refractivity contribution in [3.63, 3.8) is 0 Å². The SMILES string of the molecule is CC1CC(C)C2(NC(C(=O)N[C@@H](C)C(=O)N[C@@H](CCCCNC(C)(C)C)C(=O)O)C(C)C)CC(CO2)C(C)(C)C1. The summed E-state index contributed by atoms with van der Waals surface area (Å²) < 4.78 is 6.52. The first-order chi connectivity index (χ1) is 18.4. The van der Waals surface area contributed by atoms with Crippen molar-refractivity contribution in [2.45, 2.75) is 137 Å². The highest BCUT2D eigenvalue weighted by molar-refractivity contribution is 5.91. The first-order valence-corrected chi connectivity index (χ1v) is 15.4. The number of ether oxygens (including phenoxy) is 1. The van der Waals surface area contributed by atoms with Crippen molar-refractivity contribution >= 4 is 17.8 Å². The number of carbonyl (C=O) groups excluding carboxylic acids is 2. The van der Waals surface area contributed by atoms with Crippen molar-refractivity contribution in [2.75, 3.05) is 13.2 Å². The normalized spacial score (nSPS) is 28.7. The molecule has 1 saturated carbocycles. The van der Waals surface area contributed by atoms with Crippen LogP contribution in [0.25, 0.3) is 0 Å².